The third-order valence-corrected chi connectivity index (χ3v) is 4.60. The van der Waals surface area contributed by atoms with Crippen LogP contribution in [0, 0.1) is 5.92 Å². The SMILES string of the molecule is CC(C)CNCc1ccccc1CN(C)C1CCCCC1. The lowest BCUT2D eigenvalue weighted by Crippen LogP contribution is -2.33. The molecule has 0 amide bonds. The van der Waals surface area contributed by atoms with E-state index in [9.17, 15) is 0 Å². The zero-order valence-corrected chi connectivity index (χ0v) is 14.1. The summed E-state index contributed by atoms with van der Waals surface area (Å²) in [5.74, 6) is 0.710. The standard InChI is InChI=1S/C19H32N2/c1-16(2)13-20-14-17-9-7-8-10-18(17)15-21(3)19-11-5-4-6-12-19/h7-10,16,19-20H,4-6,11-15H2,1-3H3. The highest BCUT2D eigenvalue weighted by molar-refractivity contribution is 5.27. The Balaban J connectivity index is 1.92. The van der Waals surface area contributed by atoms with Gasteiger partial charge in [-0.05, 0) is 43.5 Å². The fourth-order valence-electron chi connectivity index (χ4n) is 3.30. The van der Waals surface area contributed by atoms with Crippen molar-refractivity contribution < 1.29 is 0 Å². The summed E-state index contributed by atoms with van der Waals surface area (Å²) in [7, 11) is 2.30. The van der Waals surface area contributed by atoms with Crippen molar-refractivity contribution in [2.45, 2.75) is 65.1 Å². The fraction of sp³-hybridized carbons (Fsp3) is 0.684. The molecule has 2 heteroatoms. The normalized spacial score (nSPS) is 16.8. The van der Waals surface area contributed by atoms with E-state index in [2.05, 4.69) is 55.4 Å². The lowest BCUT2D eigenvalue weighted by molar-refractivity contribution is 0.184. The molecule has 1 N–H and O–H groups in total. The maximum absolute atomic E-state index is 3.58. The van der Waals surface area contributed by atoms with Gasteiger partial charge in [-0.1, -0.05) is 57.4 Å². The van der Waals surface area contributed by atoms with Crippen LogP contribution < -0.4 is 5.32 Å². The molecule has 1 aromatic rings. The highest BCUT2D eigenvalue weighted by Crippen LogP contribution is 2.23. The van der Waals surface area contributed by atoms with Crippen LogP contribution >= 0.6 is 0 Å². The van der Waals surface area contributed by atoms with Gasteiger partial charge in [-0.3, -0.25) is 4.90 Å². The molecule has 2 nitrogen and oxygen atoms in total. The number of benzene rings is 1. The second-order valence-electron chi connectivity index (χ2n) is 7.00. The molecular weight excluding hydrogens is 256 g/mol. The van der Waals surface area contributed by atoms with E-state index in [0.717, 1.165) is 25.7 Å². The van der Waals surface area contributed by atoms with E-state index in [4.69, 9.17) is 0 Å². The van der Waals surface area contributed by atoms with Gasteiger partial charge in [-0.2, -0.15) is 0 Å². The number of rotatable bonds is 7. The summed E-state index contributed by atoms with van der Waals surface area (Å²) >= 11 is 0. The molecule has 0 unspecified atom stereocenters. The maximum Gasteiger partial charge on any atom is 0.0236 e. The van der Waals surface area contributed by atoms with Crippen LogP contribution in [-0.4, -0.2) is 24.5 Å². The monoisotopic (exact) mass is 288 g/mol. The molecule has 0 radical (unpaired) electrons. The zero-order valence-electron chi connectivity index (χ0n) is 14.1. The second kappa shape index (κ2) is 8.55. The van der Waals surface area contributed by atoms with Gasteiger partial charge in [0.05, 0.1) is 0 Å². The van der Waals surface area contributed by atoms with Gasteiger partial charge in [0.1, 0.15) is 0 Å². The van der Waals surface area contributed by atoms with E-state index >= 15 is 0 Å². The van der Waals surface area contributed by atoms with E-state index in [1.54, 1.807) is 0 Å². The summed E-state index contributed by atoms with van der Waals surface area (Å²) < 4.78 is 0. The minimum absolute atomic E-state index is 0.710. The van der Waals surface area contributed by atoms with E-state index in [-0.39, 0.29) is 0 Å². The van der Waals surface area contributed by atoms with Crippen LogP contribution in [0.15, 0.2) is 24.3 Å². The van der Waals surface area contributed by atoms with Gasteiger partial charge in [0.15, 0.2) is 0 Å². The summed E-state index contributed by atoms with van der Waals surface area (Å²) in [6, 6.07) is 9.70. The molecule has 21 heavy (non-hydrogen) atoms. The van der Waals surface area contributed by atoms with E-state index in [1.807, 2.05) is 0 Å². The molecule has 0 bridgehead atoms. The molecular formula is C19H32N2. The summed E-state index contributed by atoms with van der Waals surface area (Å²) in [4.78, 5) is 2.57. The van der Waals surface area contributed by atoms with Crippen molar-refractivity contribution in [2.75, 3.05) is 13.6 Å². The number of nitrogens with one attached hydrogen (secondary N) is 1. The second-order valence-corrected chi connectivity index (χ2v) is 7.00. The van der Waals surface area contributed by atoms with Crippen molar-refractivity contribution in [1.29, 1.82) is 0 Å². The van der Waals surface area contributed by atoms with Gasteiger partial charge >= 0.3 is 0 Å². The zero-order chi connectivity index (χ0) is 15.1. The van der Waals surface area contributed by atoms with Gasteiger partial charge in [0, 0.05) is 19.1 Å². The summed E-state index contributed by atoms with van der Waals surface area (Å²) in [6.45, 7) is 7.69. The molecule has 1 aliphatic carbocycles. The molecule has 0 spiro atoms. The minimum Gasteiger partial charge on any atom is -0.312 e. The summed E-state index contributed by atoms with van der Waals surface area (Å²) in [5.41, 5.74) is 2.95. The Morgan fingerprint density at radius 3 is 2.43 bits per heavy atom. The Kier molecular flexibility index (Phi) is 6.72. The van der Waals surface area contributed by atoms with E-state index in [1.165, 1.54) is 43.2 Å². The Hall–Kier alpha value is -0.860. The summed E-state index contributed by atoms with van der Waals surface area (Å²) in [6.07, 6.45) is 7.01. The molecule has 0 atom stereocenters. The van der Waals surface area contributed by atoms with Crippen molar-refractivity contribution in [1.82, 2.24) is 10.2 Å². The lowest BCUT2D eigenvalue weighted by atomic mass is 9.94. The van der Waals surface area contributed by atoms with Crippen molar-refractivity contribution in [3.8, 4) is 0 Å². The molecule has 1 aliphatic rings. The largest absolute Gasteiger partial charge is 0.312 e. The number of nitrogens with zero attached hydrogens (tertiary/aromatic N) is 1. The molecule has 118 valence electrons. The first-order valence-electron chi connectivity index (χ1n) is 8.64. The minimum atomic E-state index is 0.710. The first kappa shape index (κ1) is 16.5. The van der Waals surface area contributed by atoms with Crippen LogP contribution in [0.3, 0.4) is 0 Å². The van der Waals surface area contributed by atoms with Crippen LogP contribution in [0.25, 0.3) is 0 Å². The van der Waals surface area contributed by atoms with Gasteiger partial charge < -0.3 is 5.32 Å². The van der Waals surface area contributed by atoms with Crippen LogP contribution in [-0.2, 0) is 13.1 Å². The average Bonchev–Trinajstić information content (AvgIpc) is 2.49. The van der Waals surface area contributed by atoms with Crippen LogP contribution in [0.5, 0.6) is 0 Å². The highest BCUT2D eigenvalue weighted by Gasteiger charge is 2.18. The molecule has 0 aliphatic heterocycles. The first-order chi connectivity index (χ1) is 10.2. The molecule has 1 saturated carbocycles. The first-order valence-corrected chi connectivity index (χ1v) is 8.64. The van der Waals surface area contributed by atoms with E-state index in [0.29, 0.717) is 5.92 Å². The molecule has 1 aromatic carbocycles. The van der Waals surface area contributed by atoms with Gasteiger partial charge in [0.25, 0.3) is 0 Å². The smallest absolute Gasteiger partial charge is 0.0236 e. The quantitative estimate of drug-likeness (QED) is 0.809. The average molecular weight is 288 g/mol. The third-order valence-electron chi connectivity index (χ3n) is 4.60. The van der Waals surface area contributed by atoms with Crippen molar-refractivity contribution in [2.24, 2.45) is 5.92 Å². The summed E-state index contributed by atoms with van der Waals surface area (Å²) in [5, 5.41) is 3.58. The van der Waals surface area contributed by atoms with Gasteiger partial charge in [0.2, 0.25) is 0 Å². The maximum atomic E-state index is 3.58. The van der Waals surface area contributed by atoms with Crippen molar-refractivity contribution in [3.05, 3.63) is 35.4 Å². The molecule has 0 heterocycles. The van der Waals surface area contributed by atoms with Crippen molar-refractivity contribution in [3.63, 3.8) is 0 Å². The predicted molar refractivity (Wildman–Crippen MR) is 91.3 cm³/mol. The number of hydrogen-bond donors (Lipinski definition) is 1. The van der Waals surface area contributed by atoms with Crippen LogP contribution in [0.1, 0.15) is 57.1 Å². The molecule has 0 aromatic heterocycles. The highest BCUT2D eigenvalue weighted by atomic mass is 15.1. The Morgan fingerprint density at radius 1 is 1.10 bits per heavy atom. The predicted octanol–water partition coefficient (Wildman–Crippen LogP) is 4.20. The Labute approximate surface area is 130 Å². The topological polar surface area (TPSA) is 15.3 Å². The Morgan fingerprint density at radius 2 is 1.76 bits per heavy atom. The molecule has 2 rings (SSSR count). The fourth-order valence-corrected chi connectivity index (χ4v) is 3.30. The third kappa shape index (κ3) is 5.44. The molecule has 1 fully saturated rings. The van der Waals surface area contributed by atoms with Crippen LogP contribution in [0.2, 0.25) is 0 Å². The number of hydrogen-bond acceptors (Lipinski definition) is 2. The lowest BCUT2D eigenvalue weighted by Gasteiger charge is -2.31. The van der Waals surface area contributed by atoms with Gasteiger partial charge in [-0.15, -0.1) is 0 Å². The van der Waals surface area contributed by atoms with Crippen molar-refractivity contribution >= 4 is 0 Å². The van der Waals surface area contributed by atoms with Crippen LogP contribution in [0.4, 0.5) is 0 Å². The Bertz CT molecular complexity index is 408. The van der Waals surface area contributed by atoms with Gasteiger partial charge in [-0.25, -0.2) is 0 Å². The van der Waals surface area contributed by atoms with E-state index < -0.39 is 0 Å². The molecule has 0 saturated heterocycles.